The molecule has 0 saturated heterocycles. The second-order valence-electron chi connectivity index (χ2n) is 17.1. The van der Waals surface area contributed by atoms with Gasteiger partial charge in [-0.3, -0.25) is 14.2 Å². The summed E-state index contributed by atoms with van der Waals surface area (Å²) >= 11 is 0. The molecule has 0 heterocycles. The quantitative estimate of drug-likeness (QED) is 0.0195. The molecule has 2 unspecified atom stereocenters. The number of ether oxygens (including phenoxy) is 2. The highest BCUT2D eigenvalue weighted by molar-refractivity contribution is 7.45. The third-order valence-corrected chi connectivity index (χ3v) is 10.7. The van der Waals surface area contributed by atoms with Crippen LogP contribution in [-0.2, 0) is 32.7 Å². The van der Waals surface area contributed by atoms with Crippen molar-refractivity contribution >= 4 is 19.8 Å². The topological polar surface area (TPSA) is 111 Å². The van der Waals surface area contributed by atoms with Gasteiger partial charge in [0.1, 0.15) is 19.8 Å². The van der Waals surface area contributed by atoms with Crippen molar-refractivity contribution in [1.82, 2.24) is 0 Å². The van der Waals surface area contributed by atoms with Crippen molar-refractivity contribution in [2.45, 2.75) is 161 Å². The molecule has 0 fully saturated rings. The van der Waals surface area contributed by atoms with Crippen LogP contribution in [0, 0.1) is 0 Å². The Labute approximate surface area is 402 Å². The molecule has 0 radical (unpaired) electrons. The van der Waals surface area contributed by atoms with Crippen LogP contribution < -0.4 is 4.89 Å². The maximum Gasteiger partial charge on any atom is 0.309 e. The SMILES string of the molecule is CC/C=C\C/C=C\C/C=C\C/C=C\C/C=C\C/C=C\CCCCCCCCCCC(=O)OC(COC(=O)C/C=C\C/C=C\C/C=C\C/C=C\C/C=C\CC)COP(=O)([O-])OCC[N+](C)(C)C. The summed E-state index contributed by atoms with van der Waals surface area (Å²) in [5, 5.41) is 0. The second kappa shape index (κ2) is 46.3. The fourth-order valence-corrected chi connectivity index (χ4v) is 6.63. The first-order valence-corrected chi connectivity index (χ1v) is 26.4. The lowest BCUT2D eigenvalue weighted by molar-refractivity contribution is -0.870. The standard InChI is InChI=1S/C56H90NO8P/c1-6-8-10-12-14-16-18-20-22-23-24-25-26-27-28-29-30-31-32-33-35-37-39-41-43-45-47-49-56(59)65-54(53-64-66(60,61)63-51-50-57(3,4)5)52-62-55(58)48-46-44-42-40-38-36-34-21-19-17-15-13-11-9-7-2/h8-11,14-17,20-22,24-25,27-28,30-31,34,38,40,44,46,54H,6-7,12-13,18-19,23,26,29,32-33,35-37,39,41-43,45,47-53H2,1-5H3/b10-8-,11-9-,16-14-,17-15-,22-20-,25-24-,28-27-,31-30-,34-21-,40-38-,46-44-. The van der Waals surface area contributed by atoms with Crippen molar-refractivity contribution in [2.24, 2.45) is 0 Å². The van der Waals surface area contributed by atoms with Crippen LogP contribution in [0.25, 0.3) is 0 Å². The number of allylic oxidation sites excluding steroid dienone is 21. The van der Waals surface area contributed by atoms with E-state index in [0.29, 0.717) is 23.9 Å². The number of likely N-dealkylation sites (N-methyl/N-ethyl adjacent to an activating group) is 1. The van der Waals surface area contributed by atoms with Gasteiger partial charge in [-0.25, -0.2) is 0 Å². The molecule has 0 aromatic heterocycles. The molecule has 0 spiro atoms. The van der Waals surface area contributed by atoms with E-state index in [9.17, 15) is 19.0 Å². The summed E-state index contributed by atoms with van der Waals surface area (Å²) in [4.78, 5) is 37.6. The van der Waals surface area contributed by atoms with E-state index in [-0.39, 0.29) is 26.1 Å². The maximum atomic E-state index is 12.7. The predicted octanol–water partition coefficient (Wildman–Crippen LogP) is 14.4. The number of hydrogen-bond acceptors (Lipinski definition) is 8. The minimum atomic E-state index is -4.66. The average molecular weight is 936 g/mol. The van der Waals surface area contributed by atoms with Crippen LogP contribution in [0.3, 0.4) is 0 Å². The molecular weight excluding hydrogens is 846 g/mol. The Hall–Kier alpha value is -3.85. The first-order valence-electron chi connectivity index (χ1n) is 24.9. The fraction of sp³-hybridized carbons (Fsp3) is 0.571. The summed E-state index contributed by atoms with van der Waals surface area (Å²) < 4.78 is 33.8. The van der Waals surface area contributed by atoms with Crippen LogP contribution in [-0.4, -0.2) is 70.0 Å². The number of phosphoric acid groups is 1. The summed E-state index contributed by atoms with van der Waals surface area (Å²) in [5.74, 6) is -1.01. The summed E-state index contributed by atoms with van der Waals surface area (Å²) in [6.45, 7) is 3.84. The minimum Gasteiger partial charge on any atom is -0.756 e. The molecule has 0 aliphatic heterocycles. The van der Waals surface area contributed by atoms with Crippen LogP contribution in [0.15, 0.2) is 134 Å². The highest BCUT2D eigenvalue weighted by atomic mass is 31.2. The van der Waals surface area contributed by atoms with E-state index in [1.807, 2.05) is 33.3 Å². The lowest BCUT2D eigenvalue weighted by Crippen LogP contribution is -2.37. The van der Waals surface area contributed by atoms with Crippen molar-refractivity contribution in [3.05, 3.63) is 134 Å². The molecule has 66 heavy (non-hydrogen) atoms. The van der Waals surface area contributed by atoms with Crippen molar-refractivity contribution in [1.29, 1.82) is 0 Å². The molecule has 0 bridgehead atoms. The van der Waals surface area contributed by atoms with Gasteiger partial charge in [0.05, 0.1) is 34.2 Å². The van der Waals surface area contributed by atoms with E-state index in [0.717, 1.165) is 89.9 Å². The molecule has 0 amide bonds. The molecule has 2 atom stereocenters. The molecule has 0 rings (SSSR count). The number of unbranched alkanes of at least 4 members (excludes halogenated alkanes) is 8. The van der Waals surface area contributed by atoms with Crippen molar-refractivity contribution < 1.29 is 42.1 Å². The molecule has 10 heteroatoms. The Bertz CT molecular complexity index is 1570. The summed E-state index contributed by atoms with van der Waals surface area (Å²) in [6.07, 6.45) is 66.6. The van der Waals surface area contributed by atoms with E-state index < -0.39 is 32.5 Å². The summed E-state index contributed by atoms with van der Waals surface area (Å²) in [6, 6.07) is 0. The Morgan fingerprint density at radius 2 is 0.864 bits per heavy atom. The minimum absolute atomic E-state index is 0.0345. The van der Waals surface area contributed by atoms with Crippen LogP contribution in [0.5, 0.6) is 0 Å². The molecule has 0 N–H and O–H groups in total. The first kappa shape index (κ1) is 62.1. The van der Waals surface area contributed by atoms with E-state index >= 15 is 0 Å². The third kappa shape index (κ3) is 49.6. The highest BCUT2D eigenvalue weighted by Gasteiger charge is 2.21. The Kier molecular flexibility index (Phi) is 43.6. The smallest absolute Gasteiger partial charge is 0.309 e. The van der Waals surface area contributed by atoms with E-state index in [4.69, 9.17) is 18.5 Å². The lowest BCUT2D eigenvalue weighted by Gasteiger charge is -2.28. The third-order valence-electron chi connectivity index (χ3n) is 9.70. The average Bonchev–Trinajstić information content (AvgIpc) is 3.27. The van der Waals surface area contributed by atoms with E-state index in [2.05, 4.69) is 129 Å². The molecule has 0 aromatic rings. The lowest BCUT2D eigenvalue weighted by atomic mass is 10.1. The number of quaternary nitrogens is 1. The second-order valence-corrected chi connectivity index (χ2v) is 18.5. The largest absolute Gasteiger partial charge is 0.756 e. The van der Waals surface area contributed by atoms with Gasteiger partial charge in [-0.05, 0) is 89.9 Å². The molecule has 9 nitrogen and oxygen atoms in total. The molecule has 0 saturated carbocycles. The van der Waals surface area contributed by atoms with Gasteiger partial charge in [0.25, 0.3) is 7.82 Å². The van der Waals surface area contributed by atoms with Crippen molar-refractivity contribution in [3.63, 3.8) is 0 Å². The normalized spacial score (nSPS) is 14.6. The Balaban J connectivity index is 4.37. The fourth-order valence-electron chi connectivity index (χ4n) is 5.91. The zero-order valence-electron chi connectivity index (χ0n) is 41.8. The summed E-state index contributed by atoms with van der Waals surface area (Å²) in [5.41, 5.74) is 0. The zero-order valence-corrected chi connectivity index (χ0v) is 42.7. The van der Waals surface area contributed by atoms with Gasteiger partial charge in [-0.1, -0.05) is 186 Å². The number of carbonyl (C=O) groups is 2. The summed E-state index contributed by atoms with van der Waals surface area (Å²) in [7, 11) is 1.09. The Morgan fingerprint density at radius 1 is 0.485 bits per heavy atom. The zero-order chi connectivity index (χ0) is 48.5. The first-order chi connectivity index (χ1) is 32.0. The maximum absolute atomic E-state index is 12.7. The number of carbonyl (C=O) groups excluding carboxylic acids is 2. The van der Waals surface area contributed by atoms with Gasteiger partial charge in [0.15, 0.2) is 6.10 Å². The molecule has 0 aromatic carbocycles. The number of phosphoric ester groups is 1. The van der Waals surface area contributed by atoms with Gasteiger partial charge in [-0.2, -0.15) is 0 Å². The van der Waals surface area contributed by atoms with Crippen LogP contribution >= 0.6 is 7.82 Å². The molecule has 0 aliphatic carbocycles. The van der Waals surface area contributed by atoms with Gasteiger partial charge < -0.3 is 27.9 Å². The Morgan fingerprint density at radius 3 is 1.29 bits per heavy atom. The monoisotopic (exact) mass is 936 g/mol. The van der Waals surface area contributed by atoms with Gasteiger partial charge in [0, 0.05) is 6.42 Å². The van der Waals surface area contributed by atoms with E-state index in [1.54, 1.807) is 6.08 Å². The molecule has 372 valence electrons. The van der Waals surface area contributed by atoms with Crippen LogP contribution in [0.1, 0.15) is 155 Å². The number of nitrogens with zero attached hydrogens (tertiary/aromatic N) is 1. The van der Waals surface area contributed by atoms with Crippen LogP contribution in [0.2, 0.25) is 0 Å². The number of hydrogen-bond donors (Lipinski definition) is 0. The number of esters is 2. The van der Waals surface area contributed by atoms with E-state index in [1.165, 1.54) is 25.7 Å². The number of rotatable bonds is 43. The van der Waals surface area contributed by atoms with Gasteiger partial charge in [-0.15, -0.1) is 0 Å². The van der Waals surface area contributed by atoms with Gasteiger partial charge in [0.2, 0.25) is 0 Å². The van der Waals surface area contributed by atoms with Crippen molar-refractivity contribution in [3.8, 4) is 0 Å². The predicted molar refractivity (Wildman–Crippen MR) is 277 cm³/mol. The highest BCUT2D eigenvalue weighted by Crippen LogP contribution is 2.38. The van der Waals surface area contributed by atoms with Gasteiger partial charge >= 0.3 is 11.9 Å². The van der Waals surface area contributed by atoms with Crippen molar-refractivity contribution in [2.75, 3.05) is 47.5 Å². The molecular formula is C56H90NO8P. The van der Waals surface area contributed by atoms with Crippen LogP contribution in [0.4, 0.5) is 0 Å². The molecule has 0 aliphatic rings.